The van der Waals surface area contributed by atoms with Gasteiger partial charge in [0.05, 0.1) is 0 Å². The van der Waals surface area contributed by atoms with Crippen molar-refractivity contribution in [2.24, 2.45) is 0 Å². The SMILES string of the molecule is Nc1ccc(OCc2ccccc2Cl)cc1. The molecule has 0 spiro atoms. The Hall–Kier alpha value is -1.67. The van der Waals surface area contributed by atoms with E-state index in [9.17, 15) is 0 Å². The Morgan fingerprint density at radius 1 is 1.00 bits per heavy atom. The number of ether oxygens (including phenoxy) is 1. The Morgan fingerprint density at radius 3 is 2.38 bits per heavy atom. The van der Waals surface area contributed by atoms with Crippen molar-refractivity contribution < 1.29 is 4.74 Å². The summed E-state index contributed by atoms with van der Waals surface area (Å²) >= 11 is 6.02. The number of rotatable bonds is 3. The summed E-state index contributed by atoms with van der Waals surface area (Å²) in [6.45, 7) is 0.462. The lowest BCUT2D eigenvalue weighted by Crippen LogP contribution is -1.96. The molecule has 2 aromatic rings. The predicted octanol–water partition coefficient (Wildman–Crippen LogP) is 3.50. The zero-order valence-electron chi connectivity index (χ0n) is 8.69. The van der Waals surface area contributed by atoms with Crippen LogP contribution in [0.2, 0.25) is 5.02 Å². The van der Waals surface area contributed by atoms with E-state index in [1.165, 1.54) is 0 Å². The van der Waals surface area contributed by atoms with Crippen molar-refractivity contribution >= 4 is 17.3 Å². The van der Waals surface area contributed by atoms with Crippen molar-refractivity contribution in [1.82, 2.24) is 0 Å². The van der Waals surface area contributed by atoms with Crippen LogP contribution < -0.4 is 10.5 Å². The van der Waals surface area contributed by atoms with Crippen LogP contribution in [0.4, 0.5) is 5.69 Å². The van der Waals surface area contributed by atoms with E-state index in [-0.39, 0.29) is 0 Å². The number of nitrogen functional groups attached to an aromatic ring is 1. The Morgan fingerprint density at radius 2 is 1.69 bits per heavy atom. The van der Waals surface area contributed by atoms with Gasteiger partial charge in [-0.25, -0.2) is 0 Å². The first-order chi connectivity index (χ1) is 7.75. The van der Waals surface area contributed by atoms with Crippen molar-refractivity contribution in [2.75, 3.05) is 5.73 Å². The highest BCUT2D eigenvalue weighted by Gasteiger charge is 1.99. The van der Waals surface area contributed by atoms with Crippen molar-refractivity contribution in [3.8, 4) is 5.75 Å². The highest BCUT2D eigenvalue weighted by atomic mass is 35.5. The summed E-state index contributed by atoms with van der Waals surface area (Å²) in [6.07, 6.45) is 0. The highest BCUT2D eigenvalue weighted by molar-refractivity contribution is 6.31. The van der Waals surface area contributed by atoms with Gasteiger partial charge in [-0.3, -0.25) is 0 Å². The van der Waals surface area contributed by atoms with E-state index in [4.69, 9.17) is 22.1 Å². The molecule has 3 heteroatoms. The minimum Gasteiger partial charge on any atom is -0.489 e. The van der Waals surface area contributed by atoms with Gasteiger partial charge < -0.3 is 10.5 Å². The van der Waals surface area contributed by atoms with E-state index in [0.717, 1.165) is 22.0 Å². The normalized spacial score (nSPS) is 10.1. The Kier molecular flexibility index (Phi) is 3.32. The quantitative estimate of drug-likeness (QED) is 0.824. The predicted molar refractivity (Wildman–Crippen MR) is 66.6 cm³/mol. The molecule has 0 unspecified atom stereocenters. The van der Waals surface area contributed by atoms with Crippen LogP contribution >= 0.6 is 11.6 Å². The van der Waals surface area contributed by atoms with Crippen LogP contribution in [0.5, 0.6) is 5.75 Å². The van der Waals surface area contributed by atoms with E-state index in [1.54, 1.807) is 0 Å². The van der Waals surface area contributed by atoms with E-state index < -0.39 is 0 Å². The molecule has 0 heterocycles. The molecule has 0 saturated heterocycles. The van der Waals surface area contributed by atoms with E-state index in [1.807, 2.05) is 48.5 Å². The third-order valence-electron chi connectivity index (χ3n) is 2.23. The first-order valence-electron chi connectivity index (χ1n) is 4.97. The Balaban J connectivity index is 2.02. The molecule has 0 aliphatic heterocycles. The number of halogens is 1. The second kappa shape index (κ2) is 4.90. The van der Waals surface area contributed by atoms with Gasteiger partial charge in [-0.2, -0.15) is 0 Å². The molecule has 0 aromatic heterocycles. The summed E-state index contributed by atoms with van der Waals surface area (Å²) in [6, 6.07) is 14.9. The van der Waals surface area contributed by atoms with Crippen LogP contribution in [0.3, 0.4) is 0 Å². The van der Waals surface area contributed by atoms with Crippen molar-refractivity contribution in [3.63, 3.8) is 0 Å². The average molecular weight is 234 g/mol. The molecular formula is C13H12ClNO. The number of hydrogen-bond donors (Lipinski definition) is 1. The molecule has 16 heavy (non-hydrogen) atoms. The Labute approximate surface area is 99.6 Å². The molecule has 0 atom stereocenters. The van der Waals surface area contributed by atoms with Crippen LogP contribution in [-0.2, 0) is 6.61 Å². The topological polar surface area (TPSA) is 35.2 Å². The van der Waals surface area contributed by atoms with Gasteiger partial charge in [0.1, 0.15) is 12.4 Å². The lowest BCUT2D eigenvalue weighted by atomic mass is 10.2. The van der Waals surface area contributed by atoms with Crippen molar-refractivity contribution in [1.29, 1.82) is 0 Å². The number of nitrogens with two attached hydrogens (primary N) is 1. The second-order valence-corrected chi connectivity index (χ2v) is 3.86. The molecule has 2 nitrogen and oxygen atoms in total. The number of hydrogen-bond acceptors (Lipinski definition) is 2. The van der Waals surface area contributed by atoms with Crippen LogP contribution in [0.15, 0.2) is 48.5 Å². The fourth-order valence-corrected chi connectivity index (χ4v) is 1.53. The lowest BCUT2D eigenvalue weighted by Gasteiger charge is -2.07. The zero-order valence-corrected chi connectivity index (χ0v) is 9.45. The highest BCUT2D eigenvalue weighted by Crippen LogP contribution is 2.19. The maximum atomic E-state index is 6.02. The minimum absolute atomic E-state index is 0.462. The van der Waals surface area contributed by atoms with Gasteiger partial charge in [0.15, 0.2) is 0 Å². The molecular weight excluding hydrogens is 222 g/mol. The zero-order chi connectivity index (χ0) is 11.4. The summed E-state index contributed by atoms with van der Waals surface area (Å²) in [5.74, 6) is 0.786. The van der Waals surface area contributed by atoms with Gasteiger partial charge in [0.2, 0.25) is 0 Å². The van der Waals surface area contributed by atoms with E-state index in [0.29, 0.717) is 6.61 Å². The van der Waals surface area contributed by atoms with Crippen molar-refractivity contribution in [3.05, 3.63) is 59.1 Å². The maximum Gasteiger partial charge on any atom is 0.119 e. The molecule has 2 aromatic carbocycles. The van der Waals surface area contributed by atoms with Gasteiger partial charge in [0.25, 0.3) is 0 Å². The first kappa shape index (κ1) is 10.8. The standard InChI is InChI=1S/C13H12ClNO/c14-13-4-2-1-3-10(13)9-16-12-7-5-11(15)6-8-12/h1-8H,9,15H2. The third kappa shape index (κ3) is 2.67. The smallest absolute Gasteiger partial charge is 0.119 e. The first-order valence-corrected chi connectivity index (χ1v) is 5.35. The third-order valence-corrected chi connectivity index (χ3v) is 2.60. The lowest BCUT2D eigenvalue weighted by molar-refractivity contribution is 0.306. The fraction of sp³-hybridized carbons (Fsp3) is 0.0769. The van der Waals surface area contributed by atoms with E-state index >= 15 is 0 Å². The van der Waals surface area contributed by atoms with Gasteiger partial charge in [-0.05, 0) is 30.3 Å². The molecule has 0 saturated carbocycles. The molecule has 0 amide bonds. The summed E-state index contributed by atoms with van der Waals surface area (Å²) in [7, 11) is 0. The molecule has 0 aliphatic carbocycles. The summed E-state index contributed by atoms with van der Waals surface area (Å²) in [4.78, 5) is 0. The van der Waals surface area contributed by atoms with Gasteiger partial charge >= 0.3 is 0 Å². The van der Waals surface area contributed by atoms with E-state index in [2.05, 4.69) is 0 Å². The van der Waals surface area contributed by atoms with Crippen LogP contribution in [-0.4, -0.2) is 0 Å². The minimum atomic E-state index is 0.462. The molecule has 0 fully saturated rings. The molecule has 0 aliphatic rings. The number of anilines is 1. The Bertz CT molecular complexity index is 468. The molecule has 0 radical (unpaired) electrons. The monoisotopic (exact) mass is 233 g/mol. The fourth-order valence-electron chi connectivity index (χ4n) is 1.34. The van der Waals surface area contributed by atoms with Gasteiger partial charge in [-0.15, -0.1) is 0 Å². The molecule has 2 N–H and O–H groups in total. The van der Waals surface area contributed by atoms with Crippen LogP contribution in [0, 0.1) is 0 Å². The van der Waals surface area contributed by atoms with Gasteiger partial charge in [-0.1, -0.05) is 29.8 Å². The second-order valence-electron chi connectivity index (χ2n) is 3.45. The maximum absolute atomic E-state index is 6.02. The summed E-state index contributed by atoms with van der Waals surface area (Å²) in [5, 5.41) is 0.720. The van der Waals surface area contributed by atoms with Crippen molar-refractivity contribution in [2.45, 2.75) is 6.61 Å². The average Bonchev–Trinajstić information content (AvgIpc) is 2.30. The largest absolute Gasteiger partial charge is 0.489 e. The summed E-state index contributed by atoms with van der Waals surface area (Å²) in [5.41, 5.74) is 7.28. The van der Waals surface area contributed by atoms with Gasteiger partial charge in [0, 0.05) is 16.3 Å². The number of benzene rings is 2. The summed E-state index contributed by atoms with van der Waals surface area (Å²) < 4.78 is 5.59. The molecule has 2 rings (SSSR count). The molecule has 0 bridgehead atoms. The van der Waals surface area contributed by atoms with Crippen LogP contribution in [0.1, 0.15) is 5.56 Å². The van der Waals surface area contributed by atoms with Crippen LogP contribution in [0.25, 0.3) is 0 Å². The molecule has 82 valence electrons.